The van der Waals surface area contributed by atoms with Gasteiger partial charge in [-0.05, 0) is 90.4 Å². The summed E-state index contributed by atoms with van der Waals surface area (Å²) in [5, 5.41) is 0. The van der Waals surface area contributed by atoms with Gasteiger partial charge in [-0.3, -0.25) is 0 Å². The number of fused-ring (bicyclic) bond motifs is 3. The molecule has 0 aromatic heterocycles. The van der Waals surface area contributed by atoms with Gasteiger partial charge in [-0.25, -0.2) is 0 Å². The van der Waals surface area contributed by atoms with Crippen LogP contribution in [-0.2, 0) is 11.2 Å². The minimum Gasteiger partial charge on any atom is -0.497 e. The first kappa shape index (κ1) is 14.1. The Hall–Kier alpha value is -1.31. The molecule has 0 bridgehead atoms. The zero-order valence-corrected chi connectivity index (χ0v) is 14.2. The molecule has 0 amide bonds. The van der Waals surface area contributed by atoms with Crippen molar-refractivity contribution in [1.82, 2.24) is 0 Å². The third-order valence-electron chi connectivity index (χ3n) is 8.33. The Morgan fingerprint density at radius 1 is 1.30 bits per heavy atom. The fourth-order valence-electron chi connectivity index (χ4n) is 7.20. The smallest absolute Gasteiger partial charge is 0.123 e. The predicted molar refractivity (Wildman–Crippen MR) is 89.6 cm³/mol. The first-order valence-electron chi connectivity index (χ1n) is 9.26. The standard InChI is InChI=1S/C21H26O2/c1-20-8-7-18-17-5-4-16(23-2)9-13(17)3-6-19(18)21(20)11-14(21)10-15(20)12-22/h4-5,9,12,14-15,18-19H,3,6-8,10-11H2,1-2H3/t14-,15-,18+,19+,20+,21+/m0/s1. The minimum absolute atomic E-state index is 0.282. The number of rotatable bonds is 2. The SMILES string of the molecule is COc1ccc2c(c1)CC[C@@H]1[C@@H]2CC[C@]2(C)[C@H](C=O)C[C@H]3C[C@@]312. The van der Waals surface area contributed by atoms with E-state index >= 15 is 0 Å². The highest BCUT2D eigenvalue weighted by Gasteiger charge is 2.76. The Morgan fingerprint density at radius 3 is 2.96 bits per heavy atom. The fraction of sp³-hybridized carbons (Fsp3) is 0.667. The second-order valence-electron chi connectivity index (χ2n) is 8.69. The maximum Gasteiger partial charge on any atom is 0.123 e. The lowest BCUT2D eigenvalue weighted by Crippen LogP contribution is -2.46. The van der Waals surface area contributed by atoms with E-state index in [2.05, 4.69) is 25.1 Å². The van der Waals surface area contributed by atoms with Crippen molar-refractivity contribution >= 4 is 6.29 Å². The molecule has 0 unspecified atom stereocenters. The molecule has 0 radical (unpaired) electrons. The molecule has 0 heterocycles. The molecule has 122 valence electrons. The molecule has 4 aliphatic rings. The summed E-state index contributed by atoms with van der Waals surface area (Å²) in [5.41, 5.74) is 3.86. The summed E-state index contributed by atoms with van der Waals surface area (Å²) in [6.45, 7) is 2.44. The Bertz CT molecular complexity index is 680. The summed E-state index contributed by atoms with van der Waals surface area (Å²) >= 11 is 0. The van der Waals surface area contributed by atoms with Crippen LogP contribution in [0.2, 0.25) is 0 Å². The van der Waals surface area contributed by atoms with Crippen molar-refractivity contribution in [2.75, 3.05) is 7.11 Å². The number of hydrogen-bond acceptors (Lipinski definition) is 2. The van der Waals surface area contributed by atoms with Crippen LogP contribution in [0.5, 0.6) is 5.75 Å². The lowest BCUT2D eigenvalue weighted by molar-refractivity contribution is -0.118. The first-order valence-corrected chi connectivity index (χ1v) is 9.26. The number of aldehydes is 1. The molecular weight excluding hydrogens is 284 g/mol. The summed E-state index contributed by atoms with van der Waals surface area (Å²) in [6.07, 6.45) is 8.83. The Labute approximate surface area is 138 Å². The van der Waals surface area contributed by atoms with Gasteiger partial charge in [-0.1, -0.05) is 13.0 Å². The lowest BCUT2D eigenvalue weighted by atomic mass is 9.51. The third kappa shape index (κ3) is 1.53. The number of aryl methyl sites for hydroxylation is 1. The maximum atomic E-state index is 11.6. The monoisotopic (exact) mass is 310 g/mol. The molecule has 2 heteroatoms. The van der Waals surface area contributed by atoms with E-state index in [0.29, 0.717) is 17.3 Å². The van der Waals surface area contributed by atoms with Crippen LogP contribution in [-0.4, -0.2) is 13.4 Å². The average molecular weight is 310 g/mol. The second-order valence-corrected chi connectivity index (χ2v) is 8.69. The number of hydrogen-bond donors (Lipinski definition) is 0. The van der Waals surface area contributed by atoms with Crippen molar-refractivity contribution in [2.45, 2.75) is 51.4 Å². The van der Waals surface area contributed by atoms with Crippen LogP contribution in [0.3, 0.4) is 0 Å². The van der Waals surface area contributed by atoms with E-state index in [4.69, 9.17) is 4.74 Å². The average Bonchev–Trinajstić information content (AvgIpc) is 3.24. The quantitative estimate of drug-likeness (QED) is 0.758. The molecule has 1 spiro atoms. The van der Waals surface area contributed by atoms with Crippen LogP contribution < -0.4 is 4.74 Å². The van der Waals surface area contributed by atoms with Gasteiger partial charge in [0.15, 0.2) is 0 Å². The highest BCUT2D eigenvalue weighted by molar-refractivity contribution is 5.58. The van der Waals surface area contributed by atoms with E-state index in [1.807, 2.05) is 0 Å². The van der Waals surface area contributed by atoms with Gasteiger partial charge in [-0.15, -0.1) is 0 Å². The van der Waals surface area contributed by atoms with Gasteiger partial charge >= 0.3 is 0 Å². The molecule has 1 aromatic rings. The van der Waals surface area contributed by atoms with Crippen molar-refractivity contribution in [2.24, 2.45) is 28.6 Å². The van der Waals surface area contributed by atoms with E-state index in [-0.39, 0.29) is 5.41 Å². The predicted octanol–water partition coefficient (Wildman–Crippen LogP) is 4.37. The van der Waals surface area contributed by atoms with Crippen LogP contribution >= 0.6 is 0 Å². The van der Waals surface area contributed by atoms with Crippen molar-refractivity contribution < 1.29 is 9.53 Å². The Balaban J connectivity index is 1.55. The molecule has 4 aliphatic carbocycles. The normalized spacial score (nSPS) is 46.2. The molecule has 0 aliphatic heterocycles. The summed E-state index contributed by atoms with van der Waals surface area (Å²) < 4.78 is 5.42. The highest BCUT2D eigenvalue weighted by Crippen LogP contribution is 2.82. The van der Waals surface area contributed by atoms with E-state index in [1.165, 1.54) is 50.4 Å². The molecule has 3 saturated carbocycles. The van der Waals surface area contributed by atoms with Crippen molar-refractivity contribution in [1.29, 1.82) is 0 Å². The molecular formula is C21H26O2. The van der Waals surface area contributed by atoms with Crippen LogP contribution in [0, 0.1) is 28.6 Å². The summed E-state index contributed by atoms with van der Waals surface area (Å²) in [4.78, 5) is 11.6. The maximum absolute atomic E-state index is 11.6. The zero-order valence-electron chi connectivity index (χ0n) is 14.2. The van der Waals surface area contributed by atoms with E-state index in [9.17, 15) is 4.79 Å². The first-order chi connectivity index (χ1) is 11.1. The Morgan fingerprint density at radius 2 is 2.17 bits per heavy atom. The molecule has 3 fully saturated rings. The van der Waals surface area contributed by atoms with E-state index in [0.717, 1.165) is 17.6 Å². The summed E-state index contributed by atoms with van der Waals surface area (Å²) in [6, 6.07) is 6.72. The van der Waals surface area contributed by atoms with Gasteiger partial charge in [-0.2, -0.15) is 0 Å². The van der Waals surface area contributed by atoms with Crippen LogP contribution in [0.1, 0.15) is 56.1 Å². The number of carbonyl (C=O) groups excluding carboxylic acids is 1. The molecule has 0 saturated heterocycles. The van der Waals surface area contributed by atoms with Crippen molar-refractivity contribution in [3.63, 3.8) is 0 Å². The second kappa shape index (κ2) is 4.40. The topological polar surface area (TPSA) is 26.3 Å². The molecule has 23 heavy (non-hydrogen) atoms. The van der Waals surface area contributed by atoms with Crippen LogP contribution in [0.25, 0.3) is 0 Å². The zero-order chi connectivity index (χ0) is 15.8. The third-order valence-corrected chi connectivity index (χ3v) is 8.33. The van der Waals surface area contributed by atoms with Gasteiger partial charge in [0.1, 0.15) is 12.0 Å². The van der Waals surface area contributed by atoms with Gasteiger partial charge in [0.25, 0.3) is 0 Å². The molecule has 1 aromatic carbocycles. The largest absolute Gasteiger partial charge is 0.497 e. The Kier molecular flexibility index (Phi) is 2.69. The van der Waals surface area contributed by atoms with E-state index in [1.54, 1.807) is 12.7 Å². The van der Waals surface area contributed by atoms with Crippen molar-refractivity contribution in [3.05, 3.63) is 29.3 Å². The minimum atomic E-state index is 0.282. The number of benzene rings is 1. The fourth-order valence-corrected chi connectivity index (χ4v) is 7.20. The summed E-state index contributed by atoms with van der Waals surface area (Å²) in [5.74, 6) is 3.66. The van der Waals surface area contributed by atoms with Gasteiger partial charge < -0.3 is 9.53 Å². The molecule has 6 atom stereocenters. The van der Waals surface area contributed by atoms with Gasteiger partial charge in [0.2, 0.25) is 0 Å². The molecule has 0 N–H and O–H groups in total. The van der Waals surface area contributed by atoms with Gasteiger partial charge in [0, 0.05) is 5.92 Å². The van der Waals surface area contributed by atoms with Gasteiger partial charge in [0.05, 0.1) is 7.11 Å². The highest BCUT2D eigenvalue weighted by atomic mass is 16.5. The van der Waals surface area contributed by atoms with Crippen LogP contribution in [0.4, 0.5) is 0 Å². The number of ether oxygens (including phenoxy) is 1. The molecule has 2 nitrogen and oxygen atoms in total. The lowest BCUT2D eigenvalue weighted by Gasteiger charge is -2.53. The van der Waals surface area contributed by atoms with E-state index < -0.39 is 0 Å². The number of methoxy groups -OCH3 is 1. The summed E-state index contributed by atoms with van der Waals surface area (Å²) in [7, 11) is 1.76. The van der Waals surface area contributed by atoms with Crippen molar-refractivity contribution in [3.8, 4) is 5.75 Å². The number of carbonyl (C=O) groups is 1. The van der Waals surface area contributed by atoms with Crippen LogP contribution in [0.15, 0.2) is 18.2 Å². The molecule has 5 rings (SSSR count).